The number of rotatable bonds is 10. The molecule has 2 aliphatic rings. The molecule has 2 N–H and O–H groups in total. The number of ether oxygens (including phenoxy) is 2. The number of nitrogens with one attached hydrogen (secondary N) is 1. The number of anilines is 1. The topological polar surface area (TPSA) is 97.0 Å². The van der Waals surface area contributed by atoms with Crippen LogP contribution < -0.4 is 19.7 Å². The lowest BCUT2D eigenvalue weighted by Crippen LogP contribution is -2.42. The number of hydrogen-bond donors (Lipinski definition) is 3. The lowest BCUT2D eigenvalue weighted by Gasteiger charge is -2.33. The Morgan fingerprint density at radius 2 is 1.67 bits per heavy atom. The molecule has 0 spiro atoms. The molecule has 10 nitrogen and oxygen atoms in total. The average Bonchev–Trinajstić information content (AvgIpc) is 3.66. The first-order valence-electron chi connectivity index (χ1n) is 18.1. The first-order chi connectivity index (χ1) is 25.5. The molecule has 1 fully saturated rings. The second kappa shape index (κ2) is 14.9. The van der Waals surface area contributed by atoms with Crippen LogP contribution in [0.1, 0.15) is 40.3 Å². The summed E-state index contributed by atoms with van der Waals surface area (Å²) in [7, 11) is 1.96. The van der Waals surface area contributed by atoms with Crippen LogP contribution in [0.2, 0.25) is 0 Å². The van der Waals surface area contributed by atoms with Crippen molar-refractivity contribution >= 4 is 46.1 Å². The molecule has 0 atom stereocenters. The lowest BCUT2D eigenvalue weighted by molar-refractivity contribution is 0.0684. The first kappa shape index (κ1) is 34.1. The highest BCUT2D eigenvalue weighted by Gasteiger charge is 2.28. The third-order valence-corrected chi connectivity index (χ3v) is 10.7. The van der Waals surface area contributed by atoms with Gasteiger partial charge in [0.25, 0.3) is 0 Å². The number of thiol groups is 1. The minimum atomic E-state index is -0.914. The van der Waals surface area contributed by atoms with Crippen molar-refractivity contribution in [3.63, 3.8) is 0 Å². The van der Waals surface area contributed by atoms with Crippen LogP contribution in [0.5, 0.6) is 11.5 Å². The van der Waals surface area contributed by atoms with Gasteiger partial charge in [-0.15, -0.1) is 0 Å². The van der Waals surface area contributed by atoms with Crippen molar-refractivity contribution in [3.8, 4) is 22.6 Å². The van der Waals surface area contributed by atoms with Crippen LogP contribution in [-0.2, 0) is 33.2 Å². The van der Waals surface area contributed by atoms with E-state index in [1.807, 2.05) is 58.8 Å². The van der Waals surface area contributed by atoms with Gasteiger partial charge in [-0.05, 0) is 67.1 Å². The van der Waals surface area contributed by atoms with Gasteiger partial charge in [0.15, 0.2) is 0 Å². The van der Waals surface area contributed by atoms with Crippen LogP contribution in [0.4, 0.5) is 5.69 Å². The van der Waals surface area contributed by atoms with Crippen molar-refractivity contribution < 1.29 is 19.4 Å². The third kappa shape index (κ3) is 6.71. The van der Waals surface area contributed by atoms with Gasteiger partial charge in [0.05, 0.1) is 23.5 Å². The summed E-state index contributed by atoms with van der Waals surface area (Å²) in [4.78, 5) is 15.4. The SMILES string of the molecule is Cn1nc2c(c1COc1ccc(N3CCN(S)CC3)cc1)-c1cccc3c(CCCOc4cccc5ccccc45)c(C(=O)O)n(c13)CCCNC2. The van der Waals surface area contributed by atoms with Crippen LogP contribution in [0.15, 0.2) is 84.9 Å². The summed E-state index contributed by atoms with van der Waals surface area (Å²) in [6.45, 7) is 6.47. The summed E-state index contributed by atoms with van der Waals surface area (Å²) < 4.78 is 18.7. The largest absolute Gasteiger partial charge is 0.493 e. The number of carbonyl (C=O) groups is 1. The van der Waals surface area contributed by atoms with Gasteiger partial charge in [-0.3, -0.25) is 4.68 Å². The van der Waals surface area contributed by atoms with Crippen LogP contribution in [0.25, 0.3) is 32.8 Å². The van der Waals surface area contributed by atoms with E-state index >= 15 is 0 Å². The van der Waals surface area contributed by atoms with Crippen molar-refractivity contribution in [1.29, 1.82) is 0 Å². The summed E-state index contributed by atoms with van der Waals surface area (Å²) in [5.41, 5.74) is 7.14. The number of hydrogen-bond acceptors (Lipinski definition) is 8. The van der Waals surface area contributed by atoms with Gasteiger partial charge in [-0.1, -0.05) is 67.4 Å². The zero-order chi connectivity index (χ0) is 35.6. The minimum absolute atomic E-state index is 0.317. The van der Waals surface area contributed by atoms with Crippen LogP contribution in [0.3, 0.4) is 0 Å². The number of benzene rings is 4. The van der Waals surface area contributed by atoms with Crippen molar-refractivity contribution in [3.05, 3.63) is 108 Å². The summed E-state index contributed by atoms with van der Waals surface area (Å²) in [5, 5.41) is 22.4. The number of nitrogens with zero attached hydrogens (tertiary/aromatic N) is 5. The summed E-state index contributed by atoms with van der Waals surface area (Å²) in [6.07, 6.45) is 2.05. The van der Waals surface area contributed by atoms with Gasteiger partial charge in [-0.25, -0.2) is 9.10 Å². The van der Waals surface area contributed by atoms with E-state index in [1.54, 1.807) is 0 Å². The highest BCUT2D eigenvalue weighted by atomic mass is 32.1. The van der Waals surface area contributed by atoms with E-state index < -0.39 is 5.97 Å². The Morgan fingerprint density at radius 3 is 2.50 bits per heavy atom. The fraction of sp³-hybridized carbons (Fsp3) is 0.317. The van der Waals surface area contributed by atoms with E-state index in [0.717, 1.165) is 100 Å². The molecule has 1 saturated heterocycles. The van der Waals surface area contributed by atoms with E-state index in [-0.39, 0.29) is 0 Å². The number of fused-ring (bicyclic) bond motifs is 3. The maximum Gasteiger partial charge on any atom is 0.352 e. The molecule has 0 saturated carbocycles. The molecule has 52 heavy (non-hydrogen) atoms. The number of aromatic carboxylic acids is 1. The van der Waals surface area contributed by atoms with E-state index in [9.17, 15) is 9.90 Å². The molecule has 0 radical (unpaired) electrons. The van der Waals surface area contributed by atoms with E-state index in [1.165, 1.54) is 5.69 Å². The molecule has 0 aliphatic carbocycles. The van der Waals surface area contributed by atoms with E-state index in [4.69, 9.17) is 14.6 Å². The number of aromatic nitrogens is 3. The summed E-state index contributed by atoms with van der Waals surface area (Å²) in [6, 6.07) is 28.8. The Labute approximate surface area is 309 Å². The number of carboxylic acid groups (broad SMARTS) is 1. The molecule has 268 valence electrons. The molecule has 2 aromatic heterocycles. The number of piperazine rings is 1. The molecule has 0 amide bonds. The molecule has 11 heteroatoms. The highest BCUT2D eigenvalue weighted by Crippen LogP contribution is 2.39. The fourth-order valence-corrected chi connectivity index (χ4v) is 7.98. The van der Waals surface area contributed by atoms with Gasteiger partial charge < -0.3 is 29.4 Å². The minimum Gasteiger partial charge on any atom is -0.493 e. The molecule has 0 unspecified atom stereocenters. The van der Waals surface area contributed by atoms with Crippen LogP contribution in [-0.4, -0.2) is 69.1 Å². The van der Waals surface area contributed by atoms with Gasteiger partial charge in [0.2, 0.25) is 0 Å². The number of carboxylic acids is 1. The Balaban J connectivity index is 1.10. The predicted molar refractivity (Wildman–Crippen MR) is 209 cm³/mol. The normalized spacial score (nSPS) is 15.2. The molecule has 2 aliphatic heterocycles. The van der Waals surface area contributed by atoms with Gasteiger partial charge in [-0.2, -0.15) is 5.10 Å². The smallest absolute Gasteiger partial charge is 0.352 e. The standard InChI is InChI=1S/C41H44N6O4S/c1-44-36(27-51-30-17-15-29(16-18-30)45-21-23-46(52)24-22-45)38-34-12-5-11-32-33(13-6-25-50-37-14-4-9-28-8-2-3-10-31(28)37)40(41(48)49)47(39(32)34)20-7-19-42-26-35(38)43-44/h2-5,8-12,14-18,42,52H,6-7,13,19-27H2,1H3,(H,48,49). The second-order valence-corrected chi connectivity index (χ2v) is 14.1. The quantitative estimate of drug-likeness (QED) is 0.104. The van der Waals surface area contributed by atoms with Crippen molar-refractivity contribution in [2.24, 2.45) is 7.05 Å². The molecular formula is C41H44N6O4S. The van der Waals surface area contributed by atoms with E-state index in [2.05, 4.69) is 69.8 Å². The average molecular weight is 717 g/mol. The number of para-hydroxylation sites is 1. The zero-order valence-electron chi connectivity index (χ0n) is 29.4. The maximum absolute atomic E-state index is 13.1. The molecule has 8 rings (SSSR count). The third-order valence-electron chi connectivity index (χ3n) is 10.3. The zero-order valence-corrected chi connectivity index (χ0v) is 30.3. The van der Waals surface area contributed by atoms with Crippen molar-refractivity contribution in [2.75, 3.05) is 44.2 Å². The van der Waals surface area contributed by atoms with Crippen molar-refractivity contribution in [2.45, 2.75) is 39.0 Å². The van der Waals surface area contributed by atoms with Gasteiger partial charge in [0.1, 0.15) is 23.8 Å². The summed E-state index contributed by atoms with van der Waals surface area (Å²) in [5.74, 6) is 0.713. The Kier molecular flexibility index (Phi) is 9.81. The Hall–Kier alpha value is -4.97. The van der Waals surface area contributed by atoms with Gasteiger partial charge >= 0.3 is 5.97 Å². The van der Waals surface area contributed by atoms with Crippen LogP contribution >= 0.6 is 12.8 Å². The monoisotopic (exact) mass is 716 g/mol. The Bertz CT molecular complexity index is 2220. The van der Waals surface area contributed by atoms with E-state index in [0.29, 0.717) is 44.8 Å². The molecule has 4 heterocycles. The number of aryl methyl sites for hydroxylation is 3. The predicted octanol–water partition coefficient (Wildman–Crippen LogP) is 6.94. The molecular weight excluding hydrogens is 673 g/mol. The van der Waals surface area contributed by atoms with Gasteiger partial charge in [0, 0.05) is 73.9 Å². The first-order valence-corrected chi connectivity index (χ1v) is 18.5. The second-order valence-electron chi connectivity index (χ2n) is 13.6. The van der Waals surface area contributed by atoms with Crippen molar-refractivity contribution in [1.82, 2.24) is 24.0 Å². The summed E-state index contributed by atoms with van der Waals surface area (Å²) >= 11 is 4.48. The molecule has 6 aromatic rings. The molecule has 0 bridgehead atoms. The lowest BCUT2D eigenvalue weighted by atomic mass is 9.97. The highest BCUT2D eigenvalue weighted by molar-refractivity contribution is 7.77. The molecule has 4 aromatic carbocycles. The Morgan fingerprint density at radius 1 is 0.904 bits per heavy atom. The maximum atomic E-state index is 13.1. The fourth-order valence-electron chi connectivity index (χ4n) is 7.80. The van der Waals surface area contributed by atoms with Crippen LogP contribution in [0, 0.1) is 0 Å².